The van der Waals surface area contributed by atoms with Crippen LogP contribution in [-0.4, -0.2) is 64.4 Å². The van der Waals surface area contributed by atoms with Crippen LogP contribution < -0.4 is 10.6 Å². The minimum absolute atomic E-state index is 0.700. The summed E-state index contributed by atoms with van der Waals surface area (Å²) in [6.07, 6.45) is 6.71. The minimum atomic E-state index is 0.700. The lowest BCUT2D eigenvalue weighted by Gasteiger charge is -2.32. The molecule has 0 bridgehead atoms. The summed E-state index contributed by atoms with van der Waals surface area (Å²) < 4.78 is 2.09. The van der Waals surface area contributed by atoms with Crippen LogP contribution >= 0.6 is 0 Å². The SMILES string of the molecule is CCNC(=NCCN1CCCCC1C)NCCn1cnnc1CC. The fourth-order valence-electron chi connectivity index (χ4n) is 3.16. The monoisotopic (exact) mass is 335 g/mol. The van der Waals surface area contributed by atoms with E-state index in [0.29, 0.717) is 6.04 Å². The average Bonchev–Trinajstić information content (AvgIpc) is 3.04. The molecule has 24 heavy (non-hydrogen) atoms. The van der Waals surface area contributed by atoms with Crippen molar-refractivity contribution in [3.63, 3.8) is 0 Å². The molecule has 1 aliphatic heterocycles. The Hall–Kier alpha value is -1.63. The summed E-state index contributed by atoms with van der Waals surface area (Å²) in [5.41, 5.74) is 0. The second-order valence-corrected chi connectivity index (χ2v) is 6.36. The van der Waals surface area contributed by atoms with Gasteiger partial charge in [0, 0.05) is 38.6 Å². The van der Waals surface area contributed by atoms with Gasteiger partial charge in [0.2, 0.25) is 0 Å². The van der Waals surface area contributed by atoms with Crippen LogP contribution in [0.4, 0.5) is 0 Å². The Morgan fingerprint density at radius 1 is 1.29 bits per heavy atom. The van der Waals surface area contributed by atoms with Gasteiger partial charge in [-0.15, -0.1) is 10.2 Å². The van der Waals surface area contributed by atoms with Crippen LogP contribution in [0.3, 0.4) is 0 Å². The number of nitrogens with zero attached hydrogens (tertiary/aromatic N) is 5. The highest BCUT2D eigenvalue weighted by Crippen LogP contribution is 2.15. The van der Waals surface area contributed by atoms with Gasteiger partial charge in [0.15, 0.2) is 5.96 Å². The van der Waals surface area contributed by atoms with Crippen LogP contribution in [0.25, 0.3) is 0 Å². The Morgan fingerprint density at radius 3 is 2.92 bits per heavy atom. The average molecular weight is 336 g/mol. The summed E-state index contributed by atoms with van der Waals surface area (Å²) >= 11 is 0. The van der Waals surface area contributed by atoms with Crippen molar-refractivity contribution in [3.8, 4) is 0 Å². The maximum atomic E-state index is 4.72. The van der Waals surface area contributed by atoms with Crippen molar-refractivity contribution in [1.82, 2.24) is 30.3 Å². The van der Waals surface area contributed by atoms with Gasteiger partial charge in [-0.1, -0.05) is 13.3 Å². The number of piperidine rings is 1. The number of nitrogens with one attached hydrogen (secondary N) is 2. The summed E-state index contributed by atoms with van der Waals surface area (Å²) in [6, 6.07) is 0.700. The van der Waals surface area contributed by atoms with Crippen LogP contribution in [0, 0.1) is 0 Å². The van der Waals surface area contributed by atoms with E-state index >= 15 is 0 Å². The zero-order chi connectivity index (χ0) is 17.2. The molecular weight excluding hydrogens is 302 g/mol. The predicted octanol–water partition coefficient (Wildman–Crippen LogP) is 1.27. The molecule has 0 spiro atoms. The lowest BCUT2D eigenvalue weighted by atomic mass is 10.0. The fourth-order valence-corrected chi connectivity index (χ4v) is 3.16. The van der Waals surface area contributed by atoms with Gasteiger partial charge in [-0.25, -0.2) is 0 Å². The fraction of sp³-hybridized carbons (Fsp3) is 0.824. The first-order valence-electron chi connectivity index (χ1n) is 9.37. The number of hydrogen-bond donors (Lipinski definition) is 2. The van der Waals surface area contributed by atoms with E-state index in [-0.39, 0.29) is 0 Å². The van der Waals surface area contributed by atoms with E-state index in [4.69, 9.17) is 4.99 Å². The number of aryl methyl sites for hydroxylation is 1. The van der Waals surface area contributed by atoms with Crippen LogP contribution in [0.15, 0.2) is 11.3 Å². The normalized spacial score (nSPS) is 19.5. The Balaban J connectivity index is 1.75. The summed E-state index contributed by atoms with van der Waals surface area (Å²) in [7, 11) is 0. The summed E-state index contributed by atoms with van der Waals surface area (Å²) in [5, 5.41) is 14.8. The molecule has 0 saturated carbocycles. The van der Waals surface area contributed by atoms with Gasteiger partial charge in [0.25, 0.3) is 0 Å². The molecule has 2 rings (SSSR count). The number of guanidine groups is 1. The molecule has 2 N–H and O–H groups in total. The third-order valence-corrected chi connectivity index (χ3v) is 4.60. The maximum Gasteiger partial charge on any atom is 0.191 e. The Morgan fingerprint density at radius 2 is 2.17 bits per heavy atom. The smallest absolute Gasteiger partial charge is 0.191 e. The first-order chi connectivity index (χ1) is 11.7. The highest BCUT2D eigenvalue weighted by molar-refractivity contribution is 5.79. The lowest BCUT2D eigenvalue weighted by molar-refractivity contribution is 0.166. The first-order valence-corrected chi connectivity index (χ1v) is 9.37. The van der Waals surface area contributed by atoms with E-state index in [9.17, 15) is 0 Å². The van der Waals surface area contributed by atoms with Crippen molar-refractivity contribution in [2.75, 3.05) is 32.7 Å². The molecule has 1 unspecified atom stereocenters. The Bertz CT molecular complexity index is 497. The van der Waals surface area contributed by atoms with E-state index in [1.54, 1.807) is 6.33 Å². The molecule has 0 radical (unpaired) electrons. The predicted molar refractivity (Wildman–Crippen MR) is 98.3 cm³/mol. The molecule has 1 aromatic rings. The van der Waals surface area contributed by atoms with Crippen LogP contribution in [-0.2, 0) is 13.0 Å². The second kappa shape index (κ2) is 10.3. The van der Waals surface area contributed by atoms with Crippen molar-refractivity contribution in [2.24, 2.45) is 4.99 Å². The molecule has 1 aromatic heterocycles. The van der Waals surface area contributed by atoms with Crippen molar-refractivity contribution < 1.29 is 0 Å². The first kappa shape index (κ1) is 18.7. The highest BCUT2D eigenvalue weighted by atomic mass is 15.3. The van der Waals surface area contributed by atoms with Gasteiger partial charge < -0.3 is 15.2 Å². The lowest BCUT2D eigenvalue weighted by Crippen LogP contribution is -2.41. The molecular formula is C17H33N7. The number of likely N-dealkylation sites (tertiary alicyclic amines) is 1. The van der Waals surface area contributed by atoms with Crippen LogP contribution in [0.1, 0.15) is 45.9 Å². The highest BCUT2D eigenvalue weighted by Gasteiger charge is 2.17. The molecule has 0 aromatic carbocycles. The van der Waals surface area contributed by atoms with Gasteiger partial charge in [0.05, 0.1) is 6.54 Å². The van der Waals surface area contributed by atoms with Gasteiger partial charge >= 0.3 is 0 Å². The standard InChI is InChI=1S/C17H33N7/c1-4-16-22-21-14-24(16)13-10-20-17(18-5-2)19-9-12-23-11-7-6-8-15(23)3/h14-15H,4-13H2,1-3H3,(H2,18,19,20). The quantitative estimate of drug-likeness (QED) is 0.553. The van der Waals surface area contributed by atoms with E-state index in [0.717, 1.165) is 50.9 Å². The van der Waals surface area contributed by atoms with Crippen LogP contribution in [0.2, 0.25) is 0 Å². The van der Waals surface area contributed by atoms with E-state index in [2.05, 4.69) is 51.1 Å². The van der Waals surface area contributed by atoms with E-state index in [1.807, 2.05) is 0 Å². The Kier molecular flexibility index (Phi) is 8.01. The molecule has 1 fully saturated rings. The summed E-state index contributed by atoms with van der Waals surface area (Å²) in [5.74, 6) is 1.92. The maximum absolute atomic E-state index is 4.72. The zero-order valence-electron chi connectivity index (χ0n) is 15.5. The third kappa shape index (κ3) is 5.78. The third-order valence-electron chi connectivity index (χ3n) is 4.60. The number of aromatic nitrogens is 3. The molecule has 136 valence electrons. The summed E-state index contributed by atoms with van der Waals surface area (Å²) in [4.78, 5) is 7.27. The van der Waals surface area contributed by atoms with Crippen molar-refractivity contribution >= 4 is 5.96 Å². The largest absolute Gasteiger partial charge is 0.357 e. The minimum Gasteiger partial charge on any atom is -0.357 e. The van der Waals surface area contributed by atoms with Gasteiger partial charge in [0.1, 0.15) is 12.2 Å². The molecule has 7 nitrogen and oxygen atoms in total. The number of hydrogen-bond acceptors (Lipinski definition) is 4. The molecule has 1 atom stereocenters. The van der Waals surface area contributed by atoms with Crippen molar-refractivity contribution in [3.05, 3.63) is 12.2 Å². The Labute approximate surface area is 145 Å². The molecule has 2 heterocycles. The summed E-state index contributed by atoms with van der Waals surface area (Å²) in [6.45, 7) is 12.2. The van der Waals surface area contributed by atoms with E-state index < -0.39 is 0 Å². The molecule has 1 saturated heterocycles. The van der Waals surface area contributed by atoms with Gasteiger partial charge in [-0.3, -0.25) is 9.89 Å². The topological polar surface area (TPSA) is 70.4 Å². The molecule has 7 heteroatoms. The second-order valence-electron chi connectivity index (χ2n) is 6.36. The number of rotatable bonds is 8. The van der Waals surface area contributed by atoms with Crippen LogP contribution in [0.5, 0.6) is 0 Å². The van der Waals surface area contributed by atoms with Gasteiger partial charge in [-0.05, 0) is 33.2 Å². The van der Waals surface area contributed by atoms with Gasteiger partial charge in [-0.2, -0.15) is 0 Å². The number of aliphatic imine (C=N–C) groups is 1. The molecule has 1 aliphatic rings. The molecule has 0 aliphatic carbocycles. The van der Waals surface area contributed by atoms with Crippen molar-refractivity contribution in [1.29, 1.82) is 0 Å². The van der Waals surface area contributed by atoms with Crippen molar-refractivity contribution in [2.45, 2.75) is 59.0 Å². The molecule has 0 amide bonds. The van der Waals surface area contributed by atoms with E-state index in [1.165, 1.54) is 25.8 Å². The zero-order valence-corrected chi connectivity index (χ0v) is 15.5.